The molecule has 5 heteroatoms. The fraction of sp³-hybridized carbons (Fsp3) is 0.400. The topological polar surface area (TPSA) is 34.1 Å². The van der Waals surface area contributed by atoms with Gasteiger partial charge < -0.3 is 0 Å². The molecule has 0 fully saturated rings. The molecule has 1 aromatic rings. The third kappa shape index (κ3) is 3.27. The van der Waals surface area contributed by atoms with E-state index in [9.17, 15) is 17.2 Å². The van der Waals surface area contributed by atoms with Crippen molar-refractivity contribution in [1.82, 2.24) is 0 Å². The molecule has 1 rings (SSSR count). The first-order valence-corrected chi connectivity index (χ1v) is 6.38. The number of sulfone groups is 1. The van der Waals surface area contributed by atoms with E-state index in [2.05, 4.69) is 0 Å². The minimum Gasteiger partial charge on any atom is -0.224 e. The molecule has 0 heterocycles. The fourth-order valence-corrected chi connectivity index (χ4v) is 1.65. The van der Waals surface area contributed by atoms with E-state index in [4.69, 9.17) is 0 Å². The number of hydrogen-bond acceptors (Lipinski definition) is 2. The Morgan fingerprint density at radius 2 is 1.53 bits per heavy atom. The maximum absolute atomic E-state index is 13.0. The number of hydrogen-bond donors (Lipinski definition) is 0. The van der Waals surface area contributed by atoms with E-state index in [1.807, 2.05) is 13.8 Å². The fourth-order valence-electron chi connectivity index (χ4n) is 0.915. The summed E-state index contributed by atoms with van der Waals surface area (Å²) >= 11 is 0. The summed E-state index contributed by atoms with van der Waals surface area (Å²) in [4.78, 5) is -0.601. The van der Waals surface area contributed by atoms with Crippen molar-refractivity contribution in [3.8, 4) is 0 Å². The van der Waals surface area contributed by atoms with Crippen LogP contribution < -0.4 is 0 Å². The first-order valence-electron chi connectivity index (χ1n) is 4.48. The van der Waals surface area contributed by atoms with Crippen molar-refractivity contribution in [1.29, 1.82) is 0 Å². The van der Waals surface area contributed by atoms with Gasteiger partial charge >= 0.3 is 0 Å². The van der Waals surface area contributed by atoms with Crippen molar-refractivity contribution in [2.24, 2.45) is 0 Å². The van der Waals surface area contributed by atoms with Crippen molar-refractivity contribution >= 4 is 9.84 Å². The van der Waals surface area contributed by atoms with Gasteiger partial charge in [0.05, 0.1) is 0 Å². The van der Waals surface area contributed by atoms with Gasteiger partial charge in [-0.2, -0.15) is 0 Å². The quantitative estimate of drug-likeness (QED) is 0.751. The molecule has 15 heavy (non-hydrogen) atoms. The molecule has 0 N–H and O–H groups in total. The highest BCUT2D eigenvalue weighted by Crippen LogP contribution is 2.19. The average molecular weight is 236 g/mol. The Morgan fingerprint density at radius 1 is 1.07 bits per heavy atom. The molecule has 2 nitrogen and oxygen atoms in total. The molecule has 0 saturated carbocycles. The Kier molecular flexibility index (Phi) is 4.87. The molecule has 0 saturated heterocycles. The average Bonchev–Trinajstić information content (AvgIpc) is 2.15. The monoisotopic (exact) mass is 236 g/mol. The molecule has 0 aliphatic carbocycles. The Balaban J connectivity index is 0.000000921. The van der Waals surface area contributed by atoms with Crippen LogP contribution in [0.4, 0.5) is 8.78 Å². The van der Waals surface area contributed by atoms with Gasteiger partial charge in [-0.3, -0.25) is 0 Å². The van der Waals surface area contributed by atoms with E-state index in [1.54, 1.807) is 0 Å². The number of aryl methyl sites for hydroxylation is 1. The highest BCUT2D eigenvalue weighted by atomic mass is 32.2. The summed E-state index contributed by atoms with van der Waals surface area (Å²) < 4.78 is 47.7. The lowest BCUT2D eigenvalue weighted by molar-refractivity contribution is 0.480. The Bertz CT molecular complexity index is 439. The standard InChI is InChI=1S/C8H8F2O2S.C2H6/c1-5-3-4-6(13(2,11)12)8(10)7(5)9;1-2/h3-4H,1-2H3;1-2H3. The summed E-state index contributed by atoms with van der Waals surface area (Å²) in [6, 6.07) is 2.29. The van der Waals surface area contributed by atoms with Crippen molar-refractivity contribution in [2.75, 3.05) is 6.26 Å². The van der Waals surface area contributed by atoms with Gasteiger partial charge in [0, 0.05) is 6.26 Å². The van der Waals surface area contributed by atoms with Crippen LogP contribution in [0.15, 0.2) is 17.0 Å². The van der Waals surface area contributed by atoms with Gasteiger partial charge in [-0.05, 0) is 18.6 Å². The molecule has 0 amide bonds. The van der Waals surface area contributed by atoms with Crippen molar-refractivity contribution in [3.63, 3.8) is 0 Å². The van der Waals surface area contributed by atoms with Crippen LogP contribution in [-0.2, 0) is 9.84 Å². The first kappa shape index (κ1) is 14.0. The van der Waals surface area contributed by atoms with Gasteiger partial charge in [0.1, 0.15) is 4.90 Å². The largest absolute Gasteiger partial charge is 0.224 e. The lowest BCUT2D eigenvalue weighted by atomic mass is 10.2. The molecule has 86 valence electrons. The molecule has 1 aromatic carbocycles. The number of rotatable bonds is 1. The predicted molar refractivity (Wildman–Crippen MR) is 55.6 cm³/mol. The maximum Gasteiger partial charge on any atom is 0.178 e. The minimum absolute atomic E-state index is 0.0879. The first-order chi connectivity index (χ1) is 6.84. The van der Waals surface area contributed by atoms with Crippen LogP contribution >= 0.6 is 0 Å². The molecule has 0 aliphatic heterocycles. The van der Waals surface area contributed by atoms with Crippen LogP contribution in [0.1, 0.15) is 19.4 Å². The molecule has 0 radical (unpaired) electrons. The molecule has 0 aliphatic rings. The molecular weight excluding hydrogens is 222 g/mol. The van der Waals surface area contributed by atoms with Crippen LogP contribution in [0.5, 0.6) is 0 Å². The second-order valence-electron chi connectivity index (χ2n) is 2.78. The SMILES string of the molecule is CC.Cc1ccc(S(C)(=O)=O)c(F)c1F. The van der Waals surface area contributed by atoms with Crippen molar-refractivity contribution < 1.29 is 17.2 Å². The summed E-state index contributed by atoms with van der Waals surface area (Å²) in [6.07, 6.45) is 0.834. The van der Waals surface area contributed by atoms with Crippen LogP contribution in [0.3, 0.4) is 0 Å². The van der Waals surface area contributed by atoms with Crippen LogP contribution in [0.25, 0.3) is 0 Å². The van der Waals surface area contributed by atoms with E-state index in [-0.39, 0.29) is 5.56 Å². The summed E-state index contributed by atoms with van der Waals surface area (Å²) in [7, 11) is -3.69. The van der Waals surface area contributed by atoms with Gasteiger partial charge in [0.25, 0.3) is 0 Å². The molecule has 0 bridgehead atoms. The molecule has 0 unspecified atom stereocenters. The van der Waals surface area contributed by atoms with Crippen LogP contribution in [0, 0.1) is 18.6 Å². The summed E-state index contributed by atoms with van der Waals surface area (Å²) in [5.74, 6) is -2.41. The van der Waals surface area contributed by atoms with Gasteiger partial charge in [-0.1, -0.05) is 19.9 Å². The summed E-state index contributed by atoms with van der Waals surface area (Å²) in [5.41, 5.74) is 0.0879. The van der Waals surface area contributed by atoms with E-state index in [0.717, 1.165) is 12.3 Å². The zero-order valence-electron chi connectivity index (χ0n) is 9.14. The third-order valence-electron chi connectivity index (χ3n) is 1.64. The maximum atomic E-state index is 13.0. The van der Waals surface area contributed by atoms with Crippen molar-refractivity contribution in [2.45, 2.75) is 25.7 Å². The number of halogens is 2. The number of benzene rings is 1. The smallest absolute Gasteiger partial charge is 0.178 e. The van der Waals surface area contributed by atoms with Gasteiger partial charge in [-0.25, -0.2) is 17.2 Å². The Morgan fingerprint density at radius 3 is 1.93 bits per heavy atom. The zero-order chi connectivity index (χ0) is 12.2. The Labute approximate surface area is 88.9 Å². The summed E-state index contributed by atoms with van der Waals surface area (Å²) in [6.45, 7) is 5.37. The van der Waals surface area contributed by atoms with Gasteiger partial charge in [0.2, 0.25) is 0 Å². The second-order valence-corrected chi connectivity index (χ2v) is 4.76. The van der Waals surface area contributed by atoms with Crippen molar-refractivity contribution in [3.05, 3.63) is 29.3 Å². The van der Waals surface area contributed by atoms with E-state index in [0.29, 0.717) is 0 Å². The predicted octanol–water partition coefficient (Wildman–Crippen LogP) is 2.70. The molecule has 0 spiro atoms. The van der Waals surface area contributed by atoms with Gasteiger partial charge in [-0.15, -0.1) is 0 Å². The van der Waals surface area contributed by atoms with E-state index >= 15 is 0 Å². The third-order valence-corrected chi connectivity index (χ3v) is 2.75. The highest BCUT2D eigenvalue weighted by Gasteiger charge is 2.18. The van der Waals surface area contributed by atoms with E-state index < -0.39 is 26.4 Å². The molecule has 0 atom stereocenters. The lowest BCUT2D eigenvalue weighted by Gasteiger charge is -2.02. The minimum atomic E-state index is -3.69. The molecule has 0 aromatic heterocycles. The highest BCUT2D eigenvalue weighted by molar-refractivity contribution is 7.90. The normalized spacial score (nSPS) is 10.5. The lowest BCUT2D eigenvalue weighted by Crippen LogP contribution is -2.03. The van der Waals surface area contributed by atoms with Crippen LogP contribution in [-0.4, -0.2) is 14.7 Å². The van der Waals surface area contributed by atoms with E-state index in [1.165, 1.54) is 13.0 Å². The van der Waals surface area contributed by atoms with Gasteiger partial charge in [0.15, 0.2) is 21.5 Å². The molecular formula is C10H14F2O2S. The summed E-state index contributed by atoms with van der Waals surface area (Å²) in [5, 5.41) is 0. The Hall–Kier alpha value is -0.970. The zero-order valence-corrected chi connectivity index (χ0v) is 9.95. The van der Waals surface area contributed by atoms with Crippen LogP contribution in [0.2, 0.25) is 0 Å². The second kappa shape index (κ2) is 5.21.